The van der Waals surface area contributed by atoms with Crippen LogP contribution in [0.4, 0.5) is 0 Å². The smallest absolute Gasteiger partial charge is 0.287 e. The number of carbonyl (C=O) groups excluding carboxylic acids is 2. The van der Waals surface area contributed by atoms with Gasteiger partial charge in [-0.2, -0.15) is 0 Å². The Morgan fingerprint density at radius 1 is 1.15 bits per heavy atom. The summed E-state index contributed by atoms with van der Waals surface area (Å²) in [5.41, 5.74) is 1.25. The van der Waals surface area contributed by atoms with Gasteiger partial charge in [0.2, 0.25) is 0 Å². The molecule has 3 aromatic rings. The van der Waals surface area contributed by atoms with Gasteiger partial charge in [0.1, 0.15) is 11.3 Å². The van der Waals surface area contributed by atoms with E-state index in [4.69, 9.17) is 9.15 Å². The average molecular weight is 450 g/mol. The molecule has 1 N–H and O–H groups in total. The van der Waals surface area contributed by atoms with Gasteiger partial charge in [-0.25, -0.2) is 0 Å². The first-order valence-corrected chi connectivity index (χ1v) is 11.8. The molecule has 33 heavy (non-hydrogen) atoms. The molecular weight excluding hydrogens is 418 g/mol. The van der Waals surface area contributed by atoms with Crippen molar-refractivity contribution < 1.29 is 18.7 Å². The van der Waals surface area contributed by atoms with Crippen LogP contribution < -0.4 is 10.1 Å². The van der Waals surface area contributed by atoms with Crippen molar-refractivity contribution >= 4 is 22.8 Å². The van der Waals surface area contributed by atoms with Gasteiger partial charge in [-0.15, -0.1) is 0 Å². The molecule has 0 unspecified atom stereocenters. The quantitative estimate of drug-likeness (QED) is 0.506. The van der Waals surface area contributed by atoms with Crippen LogP contribution in [0.5, 0.6) is 5.75 Å². The number of benzene rings is 1. The Kier molecular flexibility index (Phi) is 7.27. The lowest BCUT2D eigenvalue weighted by Crippen LogP contribution is -2.38. The van der Waals surface area contributed by atoms with Crippen LogP contribution in [0.2, 0.25) is 0 Å². The highest BCUT2D eigenvalue weighted by atomic mass is 16.5. The van der Waals surface area contributed by atoms with Gasteiger partial charge in [-0.05, 0) is 55.7 Å². The number of hydrogen-bond donors (Lipinski definition) is 1. The molecule has 1 aliphatic heterocycles. The van der Waals surface area contributed by atoms with Crippen LogP contribution in [0.3, 0.4) is 0 Å². The molecule has 3 heterocycles. The minimum atomic E-state index is -0.272. The number of rotatable bonds is 9. The normalized spacial score (nSPS) is 15.8. The zero-order valence-corrected chi connectivity index (χ0v) is 19.3. The monoisotopic (exact) mass is 449 g/mol. The SMILES string of the molecule is CCCC(CCC)Oc1ccc2oc(C(=O)N[C@@H]3CCN(C(=O)c4ccncc4)C3)cc2c1. The maximum absolute atomic E-state index is 12.8. The molecule has 1 atom stereocenters. The van der Waals surface area contributed by atoms with Crippen molar-refractivity contribution in [3.8, 4) is 5.75 Å². The summed E-state index contributed by atoms with van der Waals surface area (Å²) >= 11 is 0. The molecular formula is C26H31N3O4. The van der Waals surface area contributed by atoms with E-state index in [1.807, 2.05) is 18.2 Å². The highest BCUT2D eigenvalue weighted by Crippen LogP contribution is 2.26. The van der Waals surface area contributed by atoms with Crippen LogP contribution in [0.15, 0.2) is 53.2 Å². The molecule has 7 nitrogen and oxygen atoms in total. The van der Waals surface area contributed by atoms with Crippen molar-refractivity contribution in [3.05, 3.63) is 60.1 Å². The number of ether oxygens (including phenoxy) is 1. The molecule has 2 aromatic heterocycles. The van der Waals surface area contributed by atoms with Crippen LogP contribution >= 0.6 is 0 Å². The third-order valence-electron chi connectivity index (χ3n) is 5.97. The molecule has 0 radical (unpaired) electrons. The highest BCUT2D eigenvalue weighted by molar-refractivity contribution is 5.97. The predicted octanol–water partition coefficient (Wildman–Crippen LogP) is 4.82. The largest absolute Gasteiger partial charge is 0.490 e. The van der Waals surface area contributed by atoms with E-state index in [0.29, 0.717) is 30.7 Å². The number of amides is 2. The molecule has 174 valence electrons. The van der Waals surface area contributed by atoms with Gasteiger partial charge in [0.15, 0.2) is 5.76 Å². The average Bonchev–Trinajstić information content (AvgIpc) is 3.46. The molecule has 0 bridgehead atoms. The molecule has 2 amide bonds. The second-order valence-corrected chi connectivity index (χ2v) is 8.57. The standard InChI is InChI=1S/C26H31N3O4/c1-3-5-21(6-4-2)32-22-7-8-23-19(15-22)16-24(33-23)25(30)28-20-11-14-29(17-20)26(31)18-9-12-27-13-10-18/h7-10,12-13,15-16,20-21H,3-6,11,14,17H2,1-2H3,(H,28,30)/t20-/m1/s1. The number of aromatic nitrogens is 1. The number of hydrogen-bond acceptors (Lipinski definition) is 5. The second kappa shape index (κ2) is 10.5. The zero-order chi connectivity index (χ0) is 23.2. The van der Waals surface area contributed by atoms with Gasteiger partial charge >= 0.3 is 0 Å². The maximum Gasteiger partial charge on any atom is 0.287 e. The minimum Gasteiger partial charge on any atom is -0.490 e. The first-order valence-electron chi connectivity index (χ1n) is 11.8. The van der Waals surface area contributed by atoms with Crippen molar-refractivity contribution in [1.82, 2.24) is 15.2 Å². The van der Waals surface area contributed by atoms with Crippen LogP contribution in [0.1, 0.15) is 66.9 Å². The summed E-state index contributed by atoms with van der Waals surface area (Å²) in [6, 6.07) is 10.7. The van der Waals surface area contributed by atoms with E-state index in [1.54, 1.807) is 35.5 Å². The fraction of sp³-hybridized carbons (Fsp3) is 0.423. The van der Waals surface area contributed by atoms with E-state index in [-0.39, 0.29) is 29.7 Å². The number of carbonyl (C=O) groups is 2. The lowest BCUT2D eigenvalue weighted by Gasteiger charge is -2.17. The van der Waals surface area contributed by atoms with Crippen LogP contribution in [0.25, 0.3) is 11.0 Å². The van der Waals surface area contributed by atoms with Crippen molar-refractivity contribution in [2.24, 2.45) is 0 Å². The lowest BCUT2D eigenvalue weighted by atomic mass is 10.1. The molecule has 1 aliphatic rings. The molecule has 7 heteroatoms. The van der Waals surface area contributed by atoms with E-state index in [1.165, 1.54) is 0 Å². The topological polar surface area (TPSA) is 84.7 Å². The van der Waals surface area contributed by atoms with Crippen LogP contribution in [0, 0.1) is 0 Å². The van der Waals surface area contributed by atoms with E-state index < -0.39 is 0 Å². The number of fused-ring (bicyclic) bond motifs is 1. The van der Waals surface area contributed by atoms with Crippen LogP contribution in [-0.2, 0) is 0 Å². The Labute approximate surface area is 194 Å². The molecule has 0 spiro atoms. The van der Waals surface area contributed by atoms with E-state index in [9.17, 15) is 9.59 Å². The maximum atomic E-state index is 12.8. The Balaban J connectivity index is 1.38. The van der Waals surface area contributed by atoms with Crippen LogP contribution in [-0.4, -0.2) is 46.9 Å². The molecule has 1 aromatic carbocycles. The summed E-state index contributed by atoms with van der Waals surface area (Å²) in [4.78, 5) is 31.1. The van der Waals surface area contributed by atoms with E-state index in [2.05, 4.69) is 24.1 Å². The van der Waals surface area contributed by atoms with Crippen molar-refractivity contribution in [2.45, 2.75) is 58.1 Å². The Morgan fingerprint density at radius 2 is 1.91 bits per heavy atom. The Bertz CT molecular complexity index is 1090. The summed E-state index contributed by atoms with van der Waals surface area (Å²) in [6.45, 7) is 5.40. The van der Waals surface area contributed by atoms with Gasteiger partial charge in [-0.1, -0.05) is 26.7 Å². The Hall–Kier alpha value is -3.35. The van der Waals surface area contributed by atoms with Gasteiger partial charge < -0.3 is 19.4 Å². The highest BCUT2D eigenvalue weighted by Gasteiger charge is 2.29. The number of nitrogens with zero attached hydrogens (tertiary/aromatic N) is 2. The van der Waals surface area contributed by atoms with E-state index in [0.717, 1.165) is 36.8 Å². The number of nitrogens with one attached hydrogen (secondary N) is 1. The van der Waals surface area contributed by atoms with Gasteiger partial charge in [0.25, 0.3) is 11.8 Å². The fourth-order valence-corrected chi connectivity index (χ4v) is 4.30. The molecule has 1 saturated heterocycles. The predicted molar refractivity (Wildman–Crippen MR) is 126 cm³/mol. The third kappa shape index (κ3) is 5.53. The Morgan fingerprint density at radius 3 is 2.64 bits per heavy atom. The minimum absolute atomic E-state index is 0.0464. The zero-order valence-electron chi connectivity index (χ0n) is 19.3. The van der Waals surface area contributed by atoms with Crippen molar-refractivity contribution in [3.63, 3.8) is 0 Å². The molecule has 0 aliphatic carbocycles. The summed E-state index contributed by atoms with van der Waals surface area (Å²) in [7, 11) is 0. The number of likely N-dealkylation sites (tertiary alicyclic amines) is 1. The second-order valence-electron chi connectivity index (χ2n) is 8.57. The summed E-state index contributed by atoms with van der Waals surface area (Å²) in [5.74, 6) is 0.740. The summed E-state index contributed by atoms with van der Waals surface area (Å²) in [6.07, 6.45) is 8.32. The number of pyridine rings is 1. The lowest BCUT2D eigenvalue weighted by molar-refractivity contribution is 0.0781. The van der Waals surface area contributed by atoms with Gasteiger partial charge in [0, 0.05) is 42.5 Å². The van der Waals surface area contributed by atoms with Crippen molar-refractivity contribution in [2.75, 3.05) is 13.1 Å². The summed E-state index contributed by atoms with van der Waals surface area (Å²) in [5, 5.41) is 3.84. The first kappa shape index (κ1) is 22.8. The van der Waals surface area contributed by atoms with Crippen molar-refractivity contribution in [1.29, 1.82) is 0 Å². The molecule has 1 fully saturated rings. The molecule has 4 rings (SSSR count). The number of furan rings is 1. The molecule has 0 saturated carbocycles. The first-order chi connectivity index (χ1) is 16.1. The fourth-order valence-electron chi connectivity index (χ4n) is 4.30. The van der Waals surface area contributed by atoms with Gasteiger partial charge in [0.05, 0.1) is 6.10 Å². The van der Waals surface area contributed by atoms with Gasteiger partial charge in [-0.3, -0.25) is 14.6 Å². The van der Waals surface area contributed by atoms with E-state index >= 15 is 0 Å². The third-order valence-corrected chi connectivity index (χ3v) is 5.97. The summed E-state index contributed by atoms with van der Waals surface area (Å²) < 4.78 is 12.0.